The maximum Gasteiger partial charge on any atom is 0.423 e. The number of hydrogen-bond acceptors (Lipinski definition) is 6. The van der Waals surface area contributed by atoms with Crippen molar-refractivity contribution in [3.8, 4) is 11.8 Å². The van der Waals surface area contributed by atoms with Crippen LogP contribution in [0.3, 0.4) is 0 Å². The van der Waals surface area contributed by atoms with Crippen LogP contribution in [0.5, 0.6) is 5.75 Å². The summed E-state index contributed by atoms with van der Waals surface area (Å²) in [6.45, 7) is 0.548. The van der Waals surface area contributed by atoms with Gasteiger partial charge >= 0.3 is 6.18 Å². The molecule has 152 valence electrons. The number of carbonyl (C=O) groups excluding carboxylic acids is 1. The number of nitrogens with zero attached hydrogens (tertiary/aromatic N) is 2. The SMILES string of the molecule is CC(O)(COc1ccc(C#N)cc1)C(=O)Nc1ccc([N+](=O)[O-])c(C(F)(F)F)c1. The summed E-state index contributed by atoms with van der Waals surface area (Å²) >= 11 is 0. The summed E-state index contributed by atoms with van der Waals surface area (Å²) in [4.78, 5) is 21.8. The fourth-order valence-electron chi connectivity index (χ4n) is 2.18. The van der Waals surface area contributed by atoms with Gasteiger partial charge in [0, 0.05) is 11.8 Å². The largest absolute Gasteiger partial charge is 0.490 e. The van der Waals surface area contributed by atoms with E-state index < -0.39 is 40.5 Å². The number of nitro groups is 1. The van der Waals surface area contributed by atoms with Gasteiger partial charge in [0.05, 0.1) is 16.6 Å². The third-order valence-corrected chi connectivity index (χ3v) is 3.75. The number of nitro benzene ring substituents is 1. The zero-order valence-corrected chi connectivity index (χ0v) is 14.9. The number of carbonyl (C=O) groups is 1. The number of nitriles is 1. The molecule has 0 aliphatic heterocycles. The van der Waals surface area contributed by atoms with Gasteiger partial charge < -0.3 is 15.2 Å². The molecule has 0 radical (unpaired) electrons. The summed E-state index contributed by atoms with van der Waals surface area (Å²) in [5.74, 6) is -0.820. The average molecular weight is 409 g/mol. The molecule has 0 bridgehead atoms. The Morgan fingerprint density at radius 1 is 1.28 bits per heavy atom. The minimum Gasteiger partial charge on any atom is -0.490 e. The lowest BCUT2D eigenvalue weighted by Crippen LogP contribution is -2.45. The van der Waals surface area contributed by atoms with Gasteiger partial charge in [-0.3, -0.25) is 14.9 Å². The van der Waals surface area contributed by atoms with Crippen molar-refractivity contribution in [3.63, 3.8) is 0 Å². The number of ether oxygens (including phenoxy) is 1. The number of aliphatic hydroxyl groups is 1. The minimum atomic E-state index is -5.01. The Balaban J connectivity index is 2.13. The van der Waals surface area contributed by atoms with Crippen molar-refractivity contribution in [2.24, 2.45) is 0 Å². The fraction of sp³-hybridized carbons (Fsp3) is 0.222. The molecule has 0 fully saturated rings. The van der Waals surface area contributed by atoms with Crippen molar-refractivity contribution < 1.29 is 32.7 Å². The molecule has 11 heteroatoms. The van der Waals surface area contributed by atoms with Crippen molar-refractivity contribution in [2.45, 2.75) is 18.7 Å². The van der Waals surface area contributed by atoms with Gasteiger partial charge in [0.15, 0.2) is 5.60 Å². The molecule has 2 aromatic carbocycles. The summed E-state index contributed by atoms with van der Waals surface area (Å²) in [7, 11) is 0. The molecule has 0 heterocycles. The van der Waals surface area contributed by atoms with Crippen LogP contribution in [0.15, 0.2) is 42.5 Å². The normalized spacial score (nSPS) is 13.1. The van der Waals surface area contributed by atoms with Crippen LogP contribution in [0.4, 0.5) is 24.5 Å². The minimum absolute atomic E-state index is 0.256. The molecule has 2 N–H and O–H groups in total. The maximum atomic E-state index is 13.0. The highest BCUT2D eigenvalue weighted by molar-refractivity contribution is 5.97. The van der Waals surface area contributed by atoms with Gasteiger partial charge in [-0.2, -0.15) is 18.4 Å². The van der Waals surface area contributed by atoms with Crippen LogP contribution < -0.4 is 10.1 Å². The fourth-order valence-corrected chi connectivity index (χ4v) is 2.18. The van der Waals surface area contributed by atoms with E-state index in [0.717, 1.165) is 13.0 Å². The Bertz CT molecular complexity index is 966. The maximum absolute atomic E-state index is 13.0. The van der Waals surface area contributed by atoms with E-state index >= 15 is 0 Å². The smallest absolute Gasteiger partial charge is 0.423 e. The van der Waals surface area contributed by atoms with Crippen LogP contribution >= 0.6 is 0 Å². The number of hydrogen-bond donors (Lipinski definition) is 2. The Labute approximate surface area is 162 Å². The number of benzene rings is 2. The van der Waals surface area contributed by atoms with Crippen LogP contribution in [0.25, 0.3) is 0 Å². The van der Waals surface area contributed by atoms with Gasteiger partial charge in [-0.15, -0.1) is 0 Å². The van der Waals surface area contributed by atoms with E-state index in [-0.39, 0.29) is 11.4 Å². The van der Waals surface area contributed by atoms with Crippen LogP contribution in [-0.2, 0) is 11.0 Å². The first-order valence-corrected chi connectivity index (χ1v) is 7.96. The lowest BCUT2D eigenvalue weighted by atomic mass is 10.1. The predicted octanol–water partition coefficient (Wildman–Crippen LogP) is 3.25. The van der Waals surface area contributed by atoms with Crippen LogP contribution in [0, 0.1) is 21.4 Å². The zero-order valence-electron chi connectivity index (χ0n) is 14.9. The topological polar surface area (TPSA) is 125 Å². The number of nitrogens with one attached hydrogen (secondary N) is 1. The first-order valence-electron chi connectivity index (χ1n) is 7.96. The molecule has 8 nitrogen and oxygen atoms in total. The third kappa shape index (κ3) is 5.43. The van der Waals surface area contributed by atoms with E-state index in [1.807, 2.05) is 6.07 Å². The number of alkyl halides is 3. The third-order valence-electron chi connectivity index (χ3n) is 3.75. The highest BCUT2D eigenvalue weighted by Crippen LogP contribution is 2.37. The van der Waals surface area contributed by atoms with Crippen LogP contribution in [0.1, 0.15) is 18.1 Å². The van der Waals surface area contributed by atoms with Crippen molar-refractivity contribution in [1.29, 1.82) is 5.26 Å². The van der Waals surface area contributed by atoms with Gasteiger partial charge in [0.25, 0.3) is 11.6 Å². The summed E-state index contributed by atoms with van der Waals surface area (Å²) in [5, 5.41) is 31.8. The van der Waals surface area contributed by atoms with Crippen molar-refractivity contribution in [2.75, 3.05) is 11.9 Å². The Hall–Kier alpha value is -3.65. The summed E-state index contributed by atoms with van der Waals surface area (Å²) in [5.41, 5.74) is -4.83. The van der Waals surface area contributed by atoms with Gasteiger partial charge in [0.2, 0.25) is 0 Å². The molecule has 0 aliphatic carbocycles. The van der Waals surface area contributed by atoms with Crippen molar-refractivity contribution >= 4 is 17.3 Å². The van der Waals surface area contributed by atoms with E-state index in [0.29, 0.717) is 17.7 Å². The molecule has 0 aliphatic rings. The van der Waals surface area contributed by atoms with E-state index in [9.17, 15) is 33.2 Å². The molecule has 1 amide bonds. The Kier molecular flexibility index (Phi) is 6.09. The lowest BCUT2D eigenvalue weighted by molar-refractivity contribution is -0.388. The molecule has 0 saturated heterocycles. The molecule has 29 heavy (non-hydrogen) atoms. The monoisotopic (exact) mass is 409 g/mol. The summed E-state index contributed by atoms with van der Waals surface area (Å²) in [6, 6.07) is 9.65. The molecule has 0 spiro atoms. The molecular formula is C18H14F3N3O5. The van der Waals surface area contributed by atoms with E-state index in [1.54, 1.807) is 0 Å². The average Bonchev–Trinajstić information content (AvgIpc) is 2.66. The number of rotatable bonds is 6. The van der Waals surface area contributed by atoms with Gasteiger partial charge in [-0.1, -0.05) is 0 Å². The second-order valence-corrected chi connectivity index (χ2v) is 6.14. The van der Waals surface area contributed by atoms with Gasteiger partial charge in [-0.05, 0) is 43.3 Å². The molecule has 2 aromatic rings. The quantitative estimate of drug-likeness (QED) is 0.557. The van der Waals surface area contributed by atoms with E-state index in [4.69, 9.17) is 10.00 Å². The van der Waals surface area contributed by atoms with Crippen molar-refractivity contribution in [3.05, 3.63) is 63.7 Å². The first kappa shape index (κ1) is 21.6. The zero-order chi connectivity index (χ0) is 21.8. The summed E-state index contributed by atoms with van der Waals surface area (Å²) in [6.07, 6.45) is -5.01. The summed E-state index contributed by atoms with van der Waals surface area (Å²) < 4.78 is 44.3. The highest BCUT2D eigenvalue weighted by Gasteiger charge is 2.39. The second-order valence-electron chi connectivity index (χ2n) is 6.14. The van der Waals surface area contributed by atoms with Gasteiger partial charge in [-0.25, -0.2) is 0 Å². The van der Waals surface area contributed by atoms with Crippen molar-refractivity contribution in [1.82, 2.24) is 0 Å². The van der Waals surface area contributed by atoms with Crippen LogP contribution in [-0.4, -0.2) is 28.1 Å². The first-order chi connectivity index (χ1) is 13.4. The van der Waals surface area contributed by atoms with Gasteiger partial charge in [0.1, 0.15) is 17.9 Å². The molecule has 0 saturated carbocycles. The predicted molar refractivity (Wildman–Crippen MR) is 94.0 cm³/mol. The van der Waals surface area contributed by atoms with E-state index in [1.165, 1.54) is 24.3 Å². The van der Waals surface area contributed by atoms with Crippen LogP contribution in [0.2, 0.25) is 0 Å². The van der Waals surface area contributed by atoms with E-state index in [2.05, 4.69) is 5.32 Å². The number of halogens is 3. The highest BCUT2D eigenvalue weighted by atomic mass is 19.4. The number of amides is 1. The molecule has 2 rings (SSSR count). The number of anilines is 1. The molecular weight excluding hydrogens is 395 g/mol. The molecule has 1 atom stereocenters. The Morgan fingerprint density at radius 2 is 1.90 bits per heavy atom. The molecule has 0 aromatic heterocycles. The lowest BCUT2D eigenvalue weighted by Gasteiger charge is -2.23. The second kappa shape index (κ2) is 8.15. The Morgan fingerprint density at radius 3 is 2.41 bits per heavy atom. The molecule has 1 unspecified atom stereocenters. The standard InChI is InChI=1S/C18H14F3N3O5/c1-17(26,10-29-13-5-2-11(9-22)3-6-13)16(25)23-12-4-7-15(24(27)28)14(8-12)18(19,20)21/h2-8,26H,10H2,1H3,(H,23,25).